The number of hydrogen-bond donors (Lipinski definition) is 1. The van der Waals surface area contributed by atoms with Crippen molar-refractivity contribution in [2.24, 2.45) is 0 Å². The Hall–Kier alpha value is -2.10. The fourth-order valence-corrected chi connectivity index (χ4v) is 1.84. The molecule has 0 unspecified atom stereocenters. The lowest BCUT2D eigenvalue weighted by molar-refractivity contribution is 0.0951. The predicted molar refractivity (Wildman–Crippen MR) is 70.4 cm³/mol. The summed E-state index contributed by atoms with van der Waals surface area (Å²) in [6.07, 6.45) is 8.18. The van der Waals surface area contributed by atoms with E-state index in [1.165, 1.54) is 0 Å². The van der Waals surface area contributed by atoms with E-state index in [0.29, 0.717) is 6.54 Å². The second-order valence-corrected chi connectivity index (χ2v) is 4.06. The Balaban J connectivity index is 1.91. The monoisotopic (exact) mass is 243 g/mol. The van der Waals surface area contributed by atoms with Crippen LogP contribution >= 0.6 is 0 Å². The molecule has 0 aliphatic heterocycles. The van der Waals surface area contributed by atoms with Crippen molar-refractivity contribution in [2.75, 3.05) is 6.54 Å². The highest BCUT2D eigenvalue weighted by molar-refractivity contribution is 5.95. The maximum absolute atomic E-state index is 12.0. The van der Waals surface area contributed by atoms with Crippen LogP contribution in [0.4, 0.5) is 0 Å². The summed E-state index contributed by atoms with van der Waals surface area (Å²) in [6, 6.07) is 5.71. The van der Waals surface area contributed by atoms with Crippen molar-refractivity contribution < 1.29 is 4.79 Å². The molecule has 4 nitrogen and oxygen atoms in total. The van der Waals surface area contributed by atoms with Gasteiger partial charge < -0.3 is 9.88 Å². The van der Waals surface area contributed by atoms with Gasteiger partial charge in [-0.15, -0.1) is 0 Å². The number of rotatable bonds is 5. The largest absolute Gasteiger partial charge is 0.353 e. The summed E-state index contributed by atoms with van der Waals surface area (Å²) in [5.41, 5.74) is 1.70. The maximum atomic E-state index is 12.0. The van der Waals surface area contributed by atoms with Gasteiger partial charge in [-0.3, -0.25) is 9.78 Å². The molecule has 2 rings (SSSR count). The molecule has 0 radical (unpaired) electrons. The van der Waals surface area contributed by atoms with E-state index in [1.807, 2.05) is 36.0 Å². The van der Waals surface area contributed by atoms with E-state index in [0.717, 1.165) is 24.1 Å². The average molecular weight is 243 g/mol. The molecule has 0 aliphatic carbocycles. The summed E-state index contributed by atoms with van der Waals surface area (Å²) in [5, 5.41) is 2.92. The highest BCUT2D eigenvalue weighted by Crippen LogP contribution is 2.07. The third-order valence-corrected chi connectivity index (χ3v) is 2.85. The highest BCUT2D eigenvalue weighted by atomic mass is 16.1. The van der Waals surface area contributed by atoms with Crippen LogP contribution in [0, 0.1) is 0 Å². The minimum Gasteiger partial charge on any atom is -0.353 e. The highest BCUT2D eigenvalue weighted by Gasteiger charge is 2.08. The van der Waals surface area contributed by atoms with Gasteiger partial charge in [0.25, 0.3) is 5.91 Å². The number of pyridine rings is 1. The van der Waals surface area contributed by atoms with Crippen LogP contribution in [0.1, 0.15) is 22.8 Å². The van der Waals surface area contributed by atoms with Crippen LogP contribution < -0.4 is 5.32 Å². The van der Waals surface area contributed by atoms with E-state index in [9.17, 15) is 4.79 Å². The molecular weight excluding hydrogens is 226 g/mol. The summed E-state index contributed by atoms with van der Waals surface area (Å²) >= 11 is 0. The smallest absolute Gasteiger partial charge is 0.251 e. The third kappa shape index (κ3) is 2.97. The molecule has 0 aromatic carbocycles. The zero-order valence-corrected chi connectivity index (χ0v) is 10.5. The summed E-state index contributed by atoms with van der Waals surface area (Å²) < 4.78 is 2.04. The summed E-state index contributed by atoms with van der Waals surface area (Å²) in [6.45, 7) is 3.43. The minimum absolute atomic E-state index is 0.0265. The third-order valence-electron chi connectivity index (χ3n) is 2.85. The van der Waals surface area contributed by atoms with E-state index in [1.54, 1.807) is 18.5 Å². The number of carbonyl (C=O) groups is 1. The lowest BCUT2D eigenvalue weighted by atomic mass is 10.1. The normalized spacial score (nSPS) is 10.3. The maximum Gasteiger partial charge on any atom is 0.251 e. The molecular formula is C14H17N3O. The van der Waals surface area contributed by atoms with Crippen molar-refractivity contribution >= 4 is 5.91 Å². The molecule has 1 amide bonds. The Labute approximate surface area is 107 Å². The van der Waals surface area contributed by atoms with Gasteiger partial charge in [0.15, 0.2) is 0 Å². The van der Waals surface area contributed by atoms with Crippen LogP contribution in [0.2, 0.25) is 0 Å². The first kappa shape index (κ1) is 12.4. The molecule has 0 atom stereocenters. The first-order valence-corrected chi connectivity index (χ1v) is 6.13. The first-order chi connectivity index (χ1) is 8.81. The molecule has 0 saturated carbocycles. The number of carbonyl (C=O) groups excluding carboxylic acids is 1. The summed E-state index contributed by atoms with van der Waals surface area (Å²) in [4.78, 5) is 16.0. The predicted octanol–water partition coefficient (Wildman–Crippen LogP) is 1.88. The van der Waals surface area contributed by atoms with E-state index < -0.39 is 0 Å². The first-order valence-electron chi connectivity index (χ1n) is 6.13. The molecule has 18 heavy (non-hydrogen) atoms. The van der Waals surface area contributed by atoms with Gasteiger partial charge in [-0.2, -0.15) is 0 Å². The van der Waals surface area contributed by atoms with Gasteiger partial charge in [0, 0.05) is 43.4 Å². The molecule has 0 aliphatic rings. The molecule has 2 aromatic heterocycles. The van der Waals surface area contributed by atoms with Gasteiger partial charge in [0.1, 0.15) is 0 Å². The Morgan fingerprint density at radius 1 is 1.39 bits per heavy atom. The van der Waals surface area contributed by atoms with E-state index >= 15 is 0 Å². The van der Waals surface area contributed by atoms with Crippen LogP contribution in [-0.2, 0) is 13.0 Å². The molecule has 0 saturated heterocycles. The van der Waals surface area contributed by atoms with Gasteiger partial charge in [0.2, 0.25) is 0 Å². The summed E-state index contributed by atoms with van der Waals surface area (Å²) in [7, 11) is 0. The van der Waals surface area contributed by atoms with Crippen molar-refractivity contribution in [1.82, 2.24) is 14.9 Å². The number of amides is 1. The molecule has 1 N–H and O–H groups in total. The van der Waals surface area contributed by atoms with Gasteiger partial charge in [-0.1, -0.05) is 6.92 Å². The molecule has 0 spiro atoms. The number of hydrogen-bond acceptors (Lipinski definition) is 2. The number of aryl methyl sites for hydroxylation is 1. The second-order valence-electron chi connectivity index (χ2n) is 4.06. The Bertz CT molecular complexity index is 506. The summed E-state index contributed by atoms with van der Waals surface area (Å²) in [5.74, 6) is -0.0265. The van der Waals surface area contributed by atoms with E-state index in [4.69, 9.17) is 0 Å². The standard InChI is InChI=1S/C14H17N3O/c1-2-12-11-15-6-5-13(12)14(18)16-7-10-17-8-3-4-9-17/h3-6,8-9,11H,2,7,10H2,1H3,(H,16,18). The van der Waals surface area contributed by atoms with Crippen molar-refractivity contribution in [1.29, 1.82) is 0 Å². The van der Waals surface area contributed by atoms with Gasteiger partial charge in [0.05, 0.1) is 0 Å². The Morgan fingerprint density at radius 2 is 2.17 bits per heavy atom. The SMILES string of the molecule is CCc1cnccc1C(=O)NCCn1cccc1. The Morgan fingerprint density at radius 3 is 2.89 bits per heavy atom. The number of nitrogens with zero attached hydrogens (tertiary/aromatic N) is 2. The van der Waals surface area contributed by atoms with Gasteiger partial charge in [-0.05, 0) is 30.2 Å². The average Bonchev–Trinajstić information content (AvgIpc) is 2.91. The van der Waals surface area contributed by atoms with Crippen LogP contribution in [0.5, 0.6) is 0 Å². The fraction of sp³-hybridized carbons (Fsp3) is 0.286. The van der Waals surface area contributed by atoms with Crippen molar-refractivity contribution in [3.63, 3.8) is 0 Å². The minimum atomic E-state index is -0.0265. The van der Waals surface area contributed by atoms with Crippen LogP contribution in [-0.4, -0.2) is 22.0 Å². The van der Waals surface area contributed by atoms with Crippen LogP contribution in [0.15, 0.2) is 43.0 Å². The molecule has 4 heteroatoms. The van der Waals surface area contributed by atoms with Gasteiger partial charge in [-0.25, -0.2) is 0 Å². The molecule has 0 bridgehead atoms. The zero-order chi connectivity index (χ0) is 12.8. The molecule has 0 fully saturated rings. The van der Waals surface area contributed by atoms with Crippen molar-refractivity contribution in [3.8, 4) is 0 Å². The molecule has 94 valence electrons. The van der Waals surface area contributed by atoms with Crippen molar-refractivity contribution in [2.45, 2.75) is 19.9 Å². The topological polar surface area (TPSA) is 46.9 Å². The Kier molecular flexibility index (Phi) is 4.12. The number of aromatic nitrogens is 2. The second kappa shape index (κ2) is 6.00. The lowest BCUT2D eigenvalue weighted by Gasteiger charge is -2.08. The number of nitrogens with one attached hydrogen (secondary N) is 1. The van der Waals surface area contributed by atoms with Crippen LogP contribution in [0.3, 0.4) is 0 Å². The lowest BCUT2D eigenvalue weighted by Crippen LogP contribution is -2.27. The van der Waals surface area contributed by atoms with Gasteiger partial charge >= 0.3 is 0 Å². The fourth-order valence-electron chi connectivity index (χ4n) is 1.84. The van der Waals surface area contributed by atoms with Crippen LogP contribution in [0.25, 0.3) is 0 Å². The molecule has 2 aromatic rings. The molecule has 2 heterocycles. The van der Waals surface area contributed by atoms with Crippen molar-refractivity contribution in [3.05, 3.63) is 54.1 Å². The van der Waals surface area contributed by atoms with E-state index in [-0.39, 0.29) is 5.91 Å². The van der Waals surface area contributed by atoms with E-state index in [2.05, 4.69) is 10.3 Å². The zero-order valence-electron chi connectivity index (χ0n) is 10.5. The quantitative estimate of drug-likeness (QED) is 0.871.